The summed E-state index contributed by atoms with van der Waals surface area (Å²) in [7, 11) is 0. The molecule has 26 heavy (non-hydrogen) atoms. The zero-order valence-corrected chi connectivity index (χ0v) is 15.9. The van der Waals surface area contributed by atoms with Gasteiger partial charge in [0, 0.05) is 43.9 Å². The van der Waals surface area contributed by atoms with Crippen LogP contribution in [0.1, 0.15) is 63.2 Å². The van der Waals surface area contributed by atoms with E-state index in [1.165, 1.54) is 33.1 Å². The van der Waals surface area contributed by atoms with Crippen molar-refractivity contribution in [3.05, 3.63) is 23.8 Å². The Kier molecular flexibility index (Phi) is 7.18. The number of hydrogen-bond acceptors (Lipinski definition) is 3. The van der Waals surface area contributed by atoms with Crippen molar-refractivity contribution in [3.63, 3.8) is 0 Å². The molecule has 1 aliphatic rings. The van der Waals surface area contributed by atoms with Gasteiger partial charge < -0.3 is 15.5 Å². The van der Waals surface area contributed by atoms with Crippen LogP contribution in [0.3, 0.4) is 0 Å². The maximum atomic E-state index is 13.0. The van der Waals surface area contributed by atoms with Crippen LogP contribution < -0.4 is 10.6 Å². The van der Waals surface area contributed by atoms with Crippen LogP contribution in [-0.2, 0) is 9.59 Å². The molecule has 0 radical (unpaired) electrons. The number of rotatable bonds is 5. The predicted octanol–water partition coefficient (Wildman–Crippen LogP) is 3.65. The average molecular weight is 359 g/mol. The summed E-state index contributed by atoms with van der Waals surface area (Å²) >= 11 is 0. The summed E-state index contributed by atoms with van der Waals surface area (Å²) in [6, 6.07) is 4.99. The third-order valence-corrected chi connectivity index (χ3v) is 4.65. The summed E-state index contributed by atoms with van der Waals surface area (Å²) in [5.41, 5.74) is 1.49. The third-order valence-electron chi connectivity index (χ3n) is 4.65. The predicted molar refractivity (Wildman–Crippen MR) is 103 cm³/mol. The van der Waals surface area contributed by atoms with Crippen molar-refractivity contribution in [2.24, 2.45) is 5.92 Å². The van der Waals surface area contributed by atoms with Crippen molar-refractivity contribution in [2.75, 3.05) is 23.7 Å². The number of benzene rings is 1. The molecule has 1 heterocycles. The average Bonchev–Trinajstić information content (AvgIpc) is 2.78. The Morgan fingerprint density at radius 1 is 1.00 bits per heavy atom. The highest BCUT2D eigenvalue weighted by Crippen LogP contribution is 2.25. The zero-order valence-electron chi connectivity index (χ0n) is 15.9. The third kappa shape index (κ3) is 5.86. The molecule has 0 spiro atoms. The molecule has 1 aliphatic heterocycles. The topological polar surface area (TPSA) is 78.5 Å². The Morgan fingerprint density at radius 3 is 2.15 bits per heavy atom. The van der Waals surface area contributed by atoms with Crippen molar-refractivity contribution in [3.8, 4) is 0 Å². The van der Waals surface area contributed by atoms with Crippen LogP contribution in [0.5, 0.6) is 0 Å². The summed E-state index contributed by atoms with van der Waals surface area (Å²) in [4.78, 5) is 37.6. The molecule has 0 bridgehead atoms. The number of likely N-dealkylation sites (tertiary alicyclic amines) is 1. The highest BCUT2D eigenvalue weighted by molar-refractivity contribution is 6.00. The molecule has 3 amide bonds. The molecular weight excluding hydrogens is 330 g/mol. The standard InChI is InChI=1S/C20H29N3O3/c1-4-6-16-7-5-9-23(10-8-16)20(26)17-11-18(21-14(2)24)13-19(12-17)22-15(3)25/h11-13,16H,4-10H2,1-3H3,(H,21,24)(H,22,25). The molecule has 142 valence electrons. The molecule has 2 N–H and O–H groups in total. The van der Waals surface area contributed by atoms with Crippen LogP contribution >= 0.6 is 0 Å². The van der Waals surface area contributed by atoms with Gasteiger partial charge in [-0.05, 0) is 43.4 Å². The molecule has 0 saturated carbocycles. The smallest absolute Gasteiger partial charge is 0.254 e. The monoisotopic (exact) mass is 359 g/mol. The lowest BCUT2D eigenvalue weighted by Crippen LogP contribution is -2.32. The normalized spacial score (nSPS) is 17.3. The fourth-order valence-electron chi connectivity index (χ4n) is 3.55. The molecule has 1 fully saturated rings. The van der Waals surface area contributed by atoms with Gasteiger partial charge >= 0.3 is 0 Å². The van der Waals surface area contributed by atoms with E-state index in [0.29, 0.717) is 22.9 Å². The molecule has 6 heteroatoms. The maximum absolute atomic E-state index is 13.0. The Labute approximate surface area is 155 Å². The van der Waals surface area contributed by atoms with Gasteiger partial charge in [0.1, 0.15) is 0 Å². The van der Waals surface area contributed by atoms with E-state index in [0.717, 1.165) is 25.9 Å². The molecule has 2 rings (SSSR count). The molecule has 1 saturated heterocycles. The van der Waals surface area contributed by atoms with Crippen molar-refractivity contribution in [2.45, 2.75) is 52.9 Å². The molecule has 1 unspecified atom stereocenters. The summed E-state index contributed by atoms with van der Waals surface area (Å²) < 4.78 is 0. The number of anilines is 2. The van der Waals surface area contributed by atoms with E-state index in [1.807, 2.05) is 4.90 Å². The van der Waals surface area contributed by atoms with E-state index < -0.39 is 0 Å². The van der Waals surface area contributed by atoms with E-state index in [-0.39, 0.29) is 17.7 Å². The lowest BCUT2D eigenvalue weighted by Gasteiger charge is -2.21. The van der Waals surface area contributed by atoms with Gasteiger partial charge in [0.25, 0.3) is 5.91 Å². The molecule has 1 atom stereocenters. The number of carbonyl (C=O) groups excluding carboxylic acids is 3. The molecular formula is C20H29N3O3. The van der Waals surface area contributed by atoms with Crippen molar-refractivity contribution in [1.82, 2.24) is 4.90 Å². The number of hydrogen-bond donors (Lipinski definition) is 2. The molecule has 6 nitrogen and oxygen atoms in total. The highest BCUT2D eigenvalue weighted by Gasteiger charge is 2.22. The van der Waals surface area contributed by atoms with Gasteiger partial charge in [-0.15, -0.1) is 0 Å². The van der Waals surface area contributed by atoms with E-state index in [4.69, 9.17) is 0 Å². The highest BCUT2D eigenvalue weighted by atomic mass is 16.2. The van der Waals surface area contributed by atoms with Gasteiger partial charge in [-0.25, -0.2) is 0 Å². The molecule has 1 aromatic rings. The summed E-state index contributed by atoms with van der Waals surface area (Å²) in [5, 5.41) is 5.38. The van der Waals surface area contributed by atoms with E-state index in [9.17, 15) is 14.4 Å². The number of carbonyl (C=O) groups is 3. The first-order valence-electron chi connectivity index (χ1n) is 9.38. The van der Waals surface area contributed by atoms with Crippen LogP contribution in [0, 0.1) is 5.92 Å². The quantitative estimate of drug-likeness (QED) is 0.842. The van der Waals surface area contributed by atoms with Crippen LogP contribution in [0.4, 0.5) is 11.4 Å². The van der Waals surface area contributed by atoms with Gasteiger partial charge in [-0.1, -0.05) is 19.8 Å². The number of amides is 3. The van der Waals surface area contributed by atoms with Crippen LogP contribution in [0.25, 0.3) is 0 Å². The summed E-state index contributed by atoms with van der Waals surface area (Å²) in [6.07, 6.45) is 5.61. The fourth-order valence-corrected chi connectivity index (χ4v) is 3.55. The van der Waals surface area contributed by atoms with Gasteiger partial charge in [0.15, 0.2) is 0 Å². The minimum absolute atomic E-state index is 0.0547. The Bertz CT molecular complexity index is 638. The van der Waals surface area contributed by atoms with Gasteiger partial charge in [-0.2, -0.15) is 0 Å². The Hall–Kier alpha value is -2.37. The van der Waals surface area contributed by atoms with Gasteiger partial charge in [0.05, 0.1) is 0 Å². The first-order valence-corrected chi connectivity index (χ1v) is 9.38. The summed E-state index contributed by atoms with van der Waals surface area (Å²) in [5.74, 6) is 0.195. The minimum Gasteiger partial charge on any atom is -0.339 e. The van der Waals surface area contributed by atoms with Crippen molar-refractivity contribution < 1.29 is 14.4 Å². The minimum atomic E-state index is -0.222. The van der Waals surface area contributed by atoms with Crippen molar-refractivity contribution in [1.29, 1.82) is 0 Å². The largest absolute Gasteiger partial charge is 0.339 e. The Balaban J connectivity index is 2.20. The van der Waals surface area contributed by atoms with E-state index in [1.54, 1.807) is 18.2 Å². The molecule has 0 aliphatic carbocycles. The SMILES string of the molecule is CCCC1CCCN(C(=O)c2cc(NC(C)=O)cc(NC(C)=O)c2)CC1. The molecule has 1 aromatic carbocycles. The van der Waals surface area contributed by atoms with Crippen LogP contribution in [0.2, 0.25) is 0 Å². The fraction of sp³-hybridized carbons (Fsp3) is 0.550. The van der Waals surface area contributed by atoms with Crippen LogP contribution in [-0.4, -0.2) is 35.7 Å². The van der Waals surface area contributed by atoms with E-state index >= 15 is 0 Å². The second kappa shape index (κ2) is 9.36. The van der Waals surface area contributed by atoms with Gasteiger partial charge in [-0.3, -0.25) is 14.4 Å². The second-order valence-corrected chi connectivity index (χ2v) is 7.04. The first kappa shape index (κ1) is 19.9. The second-order valence-electron chi connectivity index (χ2n) is 7.04. The number of nitrogens with one attached hydrogen (secondary N) is 2. The lowest BCUT2D eigenvalue weighted by atomic mass is 9.96. The van der Waals surface area contributed by atoms with Crippen molar-refractivity contribution >= 4 is 29.1 Å². The lowest BCUT2D eigenvalue weighted by molar-refractivity contribution is -0.115. The van der Waals surface area contributed by atoms with Gasteiger partial charge in [0.2, 0.25) is 11.8 Å². The Morgan fingerprint density at radius 2 is 1.62 bits per heavy atom. The van der Waals surface area contributed by atoms with Crippen LogP contribution in [0.15, 0.2) is 18.2 Å². The zero-order chi connectivity index (χ0) is 19.1. The summed E-state index contributed by atoms with van der Waals surface area (Å²) in [6.45, 7) is 6.53. The molecule has 0 aromatic heterocycles. The maximum Gasteiger partial charge on any atom is 0.254 e. The first-order chi connectivity index (χ1) is 12.4. The van der Waals surface area contributed by atoms with E-state index in [2.05, 4.69) is 17.6 Å². The number of nitrogens with zero attached hydrogens (tertiary/aromatic N) is 1.